The summed E-state index contributed by atoms with van der Waals surface area (Å²) in [6.07, 6.45) is 3.69. The topological polar surface area (TPSA) is 64.5 Å². The second kappa shape index (κ2) is 28.0. The molecule has 0 radical (unpaired) electrons. The SMILES string of the molecule is CC1(C)c2ccccc2-c2ccc(-c3ccc(-c4ccc(-c5cc(-c6ccc(-c7ccccc7)cc6)nc(-c6ccccc6)n5)cc4)cc3)cc21.c1ccc(-c2nc(-c3ccc(-c4ccc(-c5ccc6c(c5)C5(c7ccccc7-c7ccccc75)c5ccccc5-6)cc4)cc3)cc(-c3ccc(-c4cccnc4)cc3)n2)cc1. The summed E-state index contributed by atoms with van der Waals surface area (Å²) in [7, 11) is 0. The van der Waals surface area contributed by atoms with Gasteiger partial charge in [0.2, 0.25) is 0 Å². The smallest absolute Gasteiger partial charge is 0.160 e. The molecule has 0 atom stereocenters. The minimum Gasteiger partial charge on any atom is -0.264 e. The number of hydrogen-bond donors (Lipinski definition) is 0. The van der Waals surface area contributed by atoms with Crippen LogP contribution in [0, 0.1) is 0 Å². The van der Waals surface area contributed by atoms with Crippen molar-refractivity contribution in [3.63, 3.8) is 0 Å². The highest BCUT2D eigenvalue weighted by Crippen LogP contribution is 2.63. The van der Waals surface area contributed by atoms with Gasteiger partial charge in [0, 0.05) is 51.2 Å². The Bertz CT molecular complexity index is 6500. The second-order valence-electron chi connectivity index (χ2n) is 29.8. The lowest BCUT2D eigenvalue weighted by molar-refractivity contribution is 0.660. The van der Waals surface area contributed by atoms with E-state index in [0.29, 0.717) is 11.6 Å². The maximum absolute atomic E-state index is 5.08. The average Bonchev–Trinajstić information content (AvgIpc) is 1.51. The highest BCUT2D eigenvalue weighted by atomic mass is 14.9. The Kier molecular flexibility index (Phi) is 16.7. The van der Waals surface area contributed by atoms with Crippen molar-refractivity contribution < 1.29 is 0 Å². The molecular weight excluding hydrogens is 1360 g/mol. The van der Waals surface area contributed by atoms with Crippen LogP contribution >= 0.6 is 0 Å². The Morgan fingerprint density at radius 1 is 0.179 bits per heavy atom. The van der Waals surface area contributed by atoms with E-state index >= 15 is 0 Å². The van der Waals surface area contributed by atoms with Crippen molar-refractivity contribution in [2.75, 3.05) is 0 Å². The zero-order chi connectivity index (χ0) is 74.7. The summed E-state index contributed by atoms with van der Waals surface area (Å²) in [6.45, 7) is 4.67. The first-order valence-electron chi connectivity index (χ1n) is 38.4. The van der Waals surface area contributed by atoms with Crippen LogP contribution in [0.25, 0.3) is 168 Å². The minimum absolute atomic E-state index is 0.0110. The monoisotopic (exact) mass is 1430 g/mol. The van der Waals surface area contributed by atoms with E-state index in [9.17, 15) is 0 Å². The highest BCUT2D eigenvalue weighted by Gasteiger charge is 2.51. The molecule has 3 aliphatic rings. The number of benzene rings is 15. The van der Waals surface area contributed by atoms with E-state index in [1.54, 1.807) is 6.20 Å². The van der Waals surface area contributed by atoms with E-state index in [2.05, 4.69) is 365 Å². The van der Waals surface area contributed by atoms with Crippen molar-refractivity contribution in [2.45, 2.75) is 24.7 Å². The molecule has 0 N–H and O–H groups in total. The number of nitrogens with zero attached hydrogens (tertiary/aromatic N) is 5. The van der Waals surface area contributed by atoms with Crippen LogP contribution in [0.4, 0.5) is 0 Å². The van der Waals surface area contributed by atoms with Gasteiger partial charge in [0.25, 0.3) is 0 Å². The molecule has 5 nitrogen and oxygen atoms in total. The van der Waals surface area contributed by atoms with Gasteiger partial charge in [-0.05, 0) is 164 Å². The Morgan fingerprint density at radius 2 is 0.429 bits per heavy atom. The molecule has 0 saturated heterocycles. The van der Waals surface area contributed by atoms with Gasteiger partial charge in [-0.2, -0.15) is 0 Å². The van der Waals surface area contributed by atoms with E-state index in [0.717, 1.165) is 72.8 Å². The Hall–Kier alpha value is -14.4. The van der Waals surface area contributed by atoms with Gasteiger partial charge in [-0.1, -0.05) is 378 Å². The van der Waals surface area contributed by atoms with Crippen LogP contribution in [0.15, 0.2) is 407 Å². The standard InChI is InChI=1S/C58H37N3.C49H36N2/c1-2-11-44(12-3-1)57-60-55(36-56(61-57)43-30-26-41(27-31-43)46-13-10-34-59-37-46)42-28-24-39(25-29-42)38-20-22-40(23-21-38)45-32-33-50-49-16-6-9-19-53(49)58(54(50)35-45)51-17-7-4-14-47(51)48-15-5-8-18-52(48)58;1-49(2)44-16-10-9-15-42(44)43-30-29-41(31-45(43)49)37-19-17-35(18-20-37)36-23-27-39(28-24-36)47-32-46(50-48(51-47)40-13-7-4-8-14-40)38-25-21-34(22-26-38)33-11-5-3-6-12-33/h1-37H;3-32H,1-2H3. The normalized spacial score (nSPS) is 12.7. The lowest BCUT2D eigenvalue weighted by Gasteiger charge is -2.30. The van der Waals surface area contributed by atoms with Gasteiger partial charge in [-0.3, -0.25) is 4.98 Å². The summed E-state index contributed by atoms with van der Waals surface area (Å²) in [5, 5.41) is 0. The zero-order valence-corrected chi connectivity index (χ0v) is 61.9. The maximum atomic E-state index is 5.08. The van der Waals surface area contributed by atoms with Crippen LogP contribution in [-0.4, -0.2) is 24.9 Å². The molecule has 0 bridgehead atoms. The van der Waals surface area contributed by atoms with Crippen LogP contribution in [0.5, 0.6) is 0 Å². The van der Waals surface area contributed by atoms with Crippen LogP contribution < -0.4 is 0 Å². The Balaban J connectivity index is 0.000000148. The molecule has 0 saturated carbocycles. The number of rotatable bonds is 12. The summed E-state index contributed by atoms with van der Waals surface area (Å²) in [6, 6.07) is 141. The van der Waals surface area contributed by atoms with Crippen molar-refractivity contribution in [1.82, 2.24) is 24.9 Å². The second-order valence-corrected chi connectivity index (χ2v) is 29.8. The fourth-order valence-electron chi connectivity index (χ4n) is 17.3. The number of aromatic nitrogens is 5. The predicted molar refractivity (Wildman–Crippen MR) is 461 cm³/mol. The molecule has 3 aromatic heterocycles. The quantitative estimate of drug-likeness (QED) is 0.122. The third kappa shape index (κ3) is 12.0. The molecule has 1 spiro atoms. The molecule has 18 aromatic rings. The summed E-state index contributed by atoms with van der Waals surface area (Å²) >= 11 is 0. The first kappa shape index (κ1) is 67.0. The minimum atomic E-state index is -0.353. The van der Waals surface area contributed by atoms with Crippen molar-refractivity contribution in [3.8, 4) is 168 Å². The summed E-state index contributed by atoms with van der Waals surface area (Å²) in [5.74, 6) is 1.42. The van der Waals surface area contributed by atoms with Gasteiger partial charge in [-0.15, -0.1) is 0 Å². The molecule has 3 aliphatic carbocycles. The largest absolute Gasteiger partial charge is 0.264 e. The fraction of sp³-hybridized carbons (Fsp3) is 0.0374. The molecule has 112 heavy (non-hydrogen) atoms. The first-order chi connectivity index (χ1) is 55.2. The molecule has 526 valence electrons. The van der Waals surface area contributed by atoms with Gasteiger partial charge in [0.15, 0.2) is 11.6 Å². The number of hydrogen-bond acceptors (Lipinski definition) is 5. The highest BCUT2D eigenvalue weighted by molar-refractivity contribution is 5.96. The van der Waals surface area contributed by atoms with Crippen molar-refractivity contribution in [1.29, 1.82) is 0 Å². The number of pyridine rings is 1. The predicted octanol–water partition coefficient (Wildman–Crippen LogP) is 27.0. The molecule has 0 aliphatic heterocycles. The third-order valence-corrected chi connectivity index (χ3v) is 23.0. The lowest BCUT2D eigenvalue weighted by atomic mass is 9.70. The Morgan fingerprint density at radius 3 is 0.786 bits per heavy atom. The molecule has 0 unspecified atom stereocenters. The van der Waals surface area contributed by atoms with Gasteiger partial charge >= 0.3 is 0 Å². The zero-order valence-electron chi connectivity index (χ0n) is 61.9. The van der Waals surface area contributed by atoms with E-state index in [4.69, 9.17) is 19.9 Å². The lowest BCUT2D eigenvalue weighted by Crippen LogP contribution is -2.25. The van der Waals surface area contributed by atoms with Crippen molar-refractivity contribution in [2.24, 2.45) is 0 Å². The molecule has 5 heteroatoms. The number of fused-ring (bicyclic) bond motifs is 13. The first-order valence-corrected chi connectivity index (χ1v) is 38.4. The van der Waals surface area contributed by atoms with Crippen LogP contribution in [0.1, 0.15) is 47.2 Å². The molecular formula is C107H73N5. The average molecular weight is 1430 g/mol. The van der Waals surface area contributed by atoms with Gasteiger partial charge in [-0.25, -0.2) is 19.9 Å². The van der Waals surface area contributed by atoms with Gasteiger partial charge in [0.05, 0.1) is 28.2 Å². The molecule has 15 aromatic carbocycles. The van der Waals surface area contributed by atoms with E-state index in [1.807, 2.05) is 54.7 Å². The van der Waals surface area contributed by atoms with E-state index < -0.39 is 0 Å². The fourth-order valence-corrected chi connectivity index (χ4v) is 17.3. The van der Waals surface area contributed by atoms with Gasteiger partial charge < -0.3 is 0 Å². The van der Waals surface area contributed by atoms with Crippen molar-refractivity contribution in [3.05, 3.63) is 440 Å². The summed E-state index contributed by atoms with van der Waals surface area (Å²) in [4.78, 5) is 24.5. The molecule has 0 amide bonds. The third-order valence-electron chi connectivity index (χ3n) is 23.0. The van der Waals surface area contributed by atoms with Gasteiger partial charge in [0.1, 0.15) is 0 Å². The maximum Gasteiger partial charge on any atom is 0.160 e. The van der Waals surface area contributed by atoms with Crippen molar-refractivity contribution >= 4 is 0 Å². The van der Waals surface area contributed by atoms with E-state index in [1.165, 1.54) is 117 Å². The summed E-state index contributed by atoms with van der Waals surface area (Å²) < 4.78 is 0. The van der Waals surface area contributed by atoms with Crippen LogP contribution in [0.3, 0.4) is 0 Å². The van der Waals surface area contributed by atoms with Crippen LogP contribution in [0.2, 0.25) is 0 Å². The molecule has 0 fully saturated rings. The molecule has 21 rings (SSSR count). The summed E-state index contributed by atoms with van der Waals surface area (Å²) in [5.41, 5.74) is 39.7. The molecule has 3 heterocycles. The van der Waals surface area contributed by atoms with E-state index in [-0.39, 0.29) is 10.8 Å². The van der Waals surface area contributed by atoms with Crippen LogP contribution in [-0.2, 0) is 10.8 Å². The Labute approximate surface area is 653 Å².